The first kappa shape index (κ1) is 11.0. The van der Waals surface area contributed by atoms with Gasteiger partial charge in [-0.2, -0.15) is 0 Å². The molecule has 0 aromatic carbocycles. The zero-order chi connectivity index (χ0) is 11.0. The van der Waals surface area contributed by atoms with E-state index in [1.54, 1.807) is 0 Å². The van der Waals surface area contributed by atoms with E-state index < -0.39 is 0 Å². The second-order valence-electron chi connectivity index (χ2n) is 5.60. The van der Waals surface area contributed by atoms with Crippen LogP contribution >= 0.6 is 0 Å². The largest absolute Gasteiger partial charge is 0.378 e. The summed E-state index contributed by atoms with van der Waals surface area (Å²) in [5.74, 6) is 0.868. The van der Waals surface area contributed by atoms with E-state index in [1.165, 1.54) is 32.5 Å². The number of ether oxygens (including phenoxy) is 1. The van der Waals surface area contributed by atoms with Crippen molar-refractivity contribution in [2.24, 2.45) is 11.7 Å². The van der Waals surface area contributed by atoms with Gasteiger partial charge in [0.25, 0.3) is 0 Å². The molecule has 0 aromatic heterocycles. The third kappa shape index (κ3) is 2.12. The minimum atomic E-state index is 0.245. The van der Waals surface area contributed by atoms with Crippen molar-refractivity contribution in [3.63, 3.8) is 0 Å². The number of fused-ring (bicyclic) bond motifs is 1. The minimum Gasteiger partial charge on any atom is -0.378 e. The Labute approximate surface area is 97.5 Å². The van der Waals surface area contributed by atoms with Crippen LogP contribution in [0.25, 0.3) is 0 Å². The Balaban J connectivity index is 1.59. The number of piperidine rings is 1. The van der Waals surface area contributed by atoms with Crippen molar-refractivity contribution in [2.75, 3.05) is 32.8 Å². The predicted molar refractivity (Wildman–Crippen MR) is 63.3 cm³/mol. The lowest BCUT2D eigenvalue weighted by Gasteiger charge is -2.33. The van der Waals surface area contributed by atoms with Crippen LogP contribution in [0.1, 0.15) is 19.3 Å². The summed E-state index contributed by atoms with van der Waals surface area (Å²) in [7, 11) is 0. The molecule has 16 heavy (non-hydrogen) atoms. The van der Waals surface area contributed by atoms with Crippen LogP contribution in [-0.4, -0.2) is 55.9 Å². The molecule has 3 saturated heterocycles. The maximum atomic E-state index is 5.97. The van der Waals surface area contributed by atoms with Gasteiger partial charge in [-0.25, -0.2) is 0 Å². The monoisotopic (exact) mass is 225 g/mol. The molecule has 3 N–H and O–H groups in total. The molecule has 3 aliphatic heterocycles. The molecule has 0 saturated carbocycles. The van der Waals surface area contributed by atoms with Crippen LogP contribution in [0.5, 0.6) is 0 Å². The zero-order valence-corrected chi connectivity index (χ0v) is 9.90. The molecule has 3 fully saturated rings. The van der Waals surface area contributed by atoms with Crippen molar-refractivity contribution in [3.05, 3.63) is 0 Å². The fourth-order valence-corrected chi connectivity index (χ4v) is 3.47. The predicted octanol–water partition coefficient (Wildman–Crippen LogP) is -0.214. The summed E-state index contributed by atoms with van der Waals surface area (Å²) in [4.78, 5) is 2.60. The summed E-state index contributed by atoms with van der Waals surface area (Å²) in [5, 5.41) is 3.65. The molecule has 3 rings (SSSR count). The average molecular weight is 225 g/mol. The van der Waals surface area contributed by atoms with Gasteiger partial charge in [0.05, 0.1) is 13.2 Å². The number of rotatable bonds is 1. The van der Waals surface area contributed by atoms with Crippen molar-refractivity contribution in [2.45, 2.75) is 37.4 Å². The number of nitrogens with two attached hydrogens (primary N) is 1. The lowest BCUT2D eigenvalue weighted by Crippen LogP contribution is -2.48. The Morgan fingerprint density at radius 1 is 1.25 bits per heavy atom. The van der Waals surface area contributed by atoms with E-state index in [1.807, 2.05) is 0 Å². The van der Waals surface area contributed by atoms with Gasteiger partial charge in [-0.3, -0.25) is 4.90 Å². The number of nitrogens with zero attached hydrogens (tertiary/aromatic N) is 1. The van der Waals surface area contributed by atoms with Gasteiger partial charge in [0.15, 0.2) is 0 Å². The van der Waals surface area contributed by atoms with Crippen LogP contribution in [0.4, 0.5) is 0 Å². The fraction of sp³-hybridized carbons (Fsp3) is 1.00. The van der Waals surface area contributed by atoms with Crippen LogP contribution in [-0.2, 0) is 4.74 Å². The topological polar surface area (TPSA) is 50.5 Å². The molecule has 4 atom stereocenters. The summed E-state index contributed by atoms with van der Waals surface area (Å²) in [6.45, 7) is 5.28. The van der Waals surface area contributed by atoms with Gasteiger partial charge in [-0.1, -0.05) is 0 Å². The average Bonchev–Trinajstić information content (AvgIpc) is 2.72. The zero-order valence-electron chi connectivity index (χ0n) is 9.90. The molecule has 3 heterocycles. The Kier molecular flexibility index (Phi) is 3.16. The Morgan fingerprint density at radius 3 is 3.00 bits per heavy atom. The highest BCUT2D eigenvalue weighted by Crippen LogP contribution is 2.28. The van der Waals surface area contributed by atoms with Gasteiger partial charge < -0.3 is 15.8 Å². The normalized spacial score (nSPS) is 45.6. The molecule has 92 valence electrons. The highest BCUT2D eigenvalue weighted by Gasteiger charge is 2.38. The highest BCUT2D eigenvalue weighted by atomic mass is 16.5. The van der Waals surface area contributed by atoms with E-state index in [0.717, 1.165) is 31.6 Å². The van der Waals surface area contributed by atoms with Gasteiger partial charge in [0, 0.05) is 31.2 Å². The Bertz CT molecular complexity index is 234. The molecule has 0 spiro atoms. The minimum absolute atomic E-state index is 0.245. The van der Waals surface area contributed by atoms with Crippen molar-refractivity contribution in [1.29, 1.82) is 0 Å². The number of likely N-dealkylation sites (tertiary alicyclic amines) is 1. The second kappa shape index (κ2) is 4.61. The first-order valence-corrected chi connectivity index (χ1v) is 6.63. The van der Waals surface area contributed by atoms with E-state index in [2.05, 4.69) is 10.2 Å². The van der Waals surface area contributed by atoms with E-state index in [9.17, 15) is 0 Å². The summed E-state index contributed by atoms with van der Waals surface area (Å²) in [6.07, 6.45) is 3.85. The molecular weight excluding hydrogens is 202 g/mol. The molecule has 4 heteroatoms. The third-order valence-electron chi connectivity index (χ3n) is 4.36. The van der Waals surface area contributed by atoms with Gasteiger partial charge in [-0.05, 0) is 31.7 Å². The summed E-state index contributed by atoms with van der Waals surface area (Å²) >= 11 is 0. The molecule has 4 unspecified atom stereocenters. The van der Waals surface area contributed by atoms with Crippen LogP contribution in [0.3, 0.4) is 0 Å². The lowest BCUT2D eigenvalue weighted by atomic mass is 9.94. The number of hydrogen-bond acceptors (Lipinski definition) is 4. The molecular formula is C12H23N3O. The Morgan fingerprint density at radius 2 is 2.19 bits per heavy atom. The van der Waals surface area contributed by atoms with Crippen molar-refractivity contribution in [3.8, 4) is 0 Å². The van der Waals surface area contributed by atoms with Crippen LogP contribution in [0.15, 0.2) is 0 Å². The first-order valence-electron chi connectivity index (χ1n) is 6.63. The first-order chi connectivity index (χ1) is 7.83. The second-order valence-corrected chi connectivity index (χ2v) is 5.60. The molecule has 0 bridgehead atoms. The molecule has 3 aliphatic rings. The molecule has 0 aliphatic carbocycles. The van der Waals surface area contributed by atoms with Crippen molar-refractivity contribution in [1.82, 2.24) is 10.2 Å². The fourth-order valence-electron chi connectivity index (χ4n) is 3.47. The third-order valence-corrected chi connectivity index (χ3v) is 4.36. The van der Waals surface area contributed by atoms with Crippen molar-refractivity contribution < 1.29 is 4.74 Å². The summed E-state index contributed by atoms with van der Waals surface area (Å²) in [6, 6.07) is 1.54. The number of nitrogens with one attached hydrogen (secondary N) is 1. The van der Waals surface area contributed by atoms with Gasteiger partial charge >= 0.3 is 0 Å². The van der Waals surface area contributed by atoms with E-state index in [0.29, 0.717) is 6.04 Å². The summed E-state index contributed by atoms with van der Waals surface area (Å²) in [5.41, 5.74) is 5.97. The van der Waals surface area contributed by atoms with E-state index in [4.69, 9.17) is 10.5 Å². The van der Waals surface area contributed by atoms with Gasteiger partial charge in [0.2, 0.25) is 0 Å². The quantitative estimate of drug-likeness (QED) is 0.648. The highest BCUT2D eigenvalue weighted by molar-refractivity contribution is 4.95. The molecule has 0 radical (unpaired) electrons. The van der Waals surface area contributed by atoms with Gasteiger partial charge in [-0.15, -0.1) is 0 Å². The molecule has 0 aromatic rings. The smallest absolute Gasteiger partial charge is 0.0623 e. The standard InChI is InChI=1S/C12H23N3O/c13-10-4-11(8-16-7-10)15-5-9-2-1-3-14-12(9)6-15/h9-12,14H,1-8,13H2. The maximum absolute atomic E-state index is 5.97. The molecule has 0 amide bonds. The van der Waals surface area contributed by atoms with Crippen molar-refractivity contribution >= 4 is 0 Å². The SMILES string of the molecule is NC1COCC(N2CC3CCCNC3C2)C1. The van der Waals surface area contributed by atoms with Gasteiger partial charge in [0.1, 0.15) is 0 Å². The van der Waals surface area contributed by atoms with Crippen LogP contribution in [0.2, 0.25) is 0 Å². The number of hydrogen-bond donors (Lipinski definition) is 2. The van der Waals surface area contributed by atoms with Crippen LogP contribution in [0, 0.1) is 5.92 Å². The summed E-state index contributed by atoms with van der Waals surface area (Å²) < 4.78 is 5.57. The maximum Gasteiger partial charge on any atom is 0.0623 e. The van der Waals surface area contributed by atoms with Crippen LogP contribution < -0.4 is 11.1 Å². The lowest BCUT2D eigenvalue weighted by molar-refractivity contribution is 0.0139. The molecule has 4 nitrogen and oxygen atoms in total. The van der Waals surface area contributed by atoms with E-state index >= 15 is 0 Å². The van der Waals surface area contributed by atoms with E-state index in [-0.39, 0.29) is 6.04 Å². The Hall–Kier alpha value is -0.160.